The summed E-state index contributed by atoms with van der Waals surface area (Å²) in [6.07, 6.45) is 8.20. The van der Waals surface area contributed by atoms with Gasteiger partial charge in [0.1, 0.15) is 22.7 Å². The average Bonchev–Trinajstić information content (AvgIpc) is 3.89. The van der Waals surface area contributed by atoms with Crippen molar-refractivity contribution in [1.82, 2.24) is 0 Å². The van der Waals surface area contributed by atoms with Crippen molar-refractivity contribution in [2.24, 2.45) is 23.2 Å². The minimum absolute atomic E-state index is 0.0198. The molecular weight excluding hydrogens is 829 g/mol. The van der Waals surface area contributed by atoms with E-state index in [1.165, 1.54) is 83.3 Å². The summed E-state index contributed by atoms with van der Waals surface area (Å²) in [5, 5.41) is 2.30. The van der Waals surface area contributed by atoms with E-state index in [0.717, 1.165) is 74.0 Å². The van der Waals surface area contributed by atoms with Crippen molar-refractivity contribution in [2.45, 2.75) is 169 Å². The first-order valence-corrected chi connectivity index (χ1v) is 25.9. The van der Waals surface area contributed by atoms with Crippen LogP contribution in [0.2, 0.25) is 0 Å². The molecule has 0 radical (unpaired) electrons. The lowest BCUT2D eigenvalue weighted by molar-refractivity contribution is -0.000159. The van der Waals surface area contributed by atoms with Crippen LogP contribution < -0.4 is 9.80 Å². The second kappa shape index (κ2) is 14.9. The topological polar surface area (TPSA) is 32.8 Å². The Morgan fingerprint density at radius 3 is 1.32 bits per heavy atom. The van der Waals surface area contributed by atoms with Gasteiger partial charge in [0, 0.05) is 22.1 Å². The summed E-state index contributed by atoms with van der Waals surface area (Å²) in [4.78, 5) is 5.17. The summed E-state index contributed by atoms with van der Waals surface area (Å²) in [7, 11) is 0. The summed E-state index contributed by atoms with van der Waals surface area (Å²) in [5.74, 6) is 4.40. The molecule has 7 aromatic rings. The Morgan fingerprint density at radius 1 is 0.471 bits per heavy atom. The number of aryl methyl sites for hydroxylation is 2. The van der Waals surface area contributed by atoms with Crippen LogP contribution in [0.1, 0.15) is 167 Å². The number of furan rings is 2. The zero-order valence-corrected chi connectivity index (χ0v) is 43.9. The second-order valence-corrected chi connectivity index (χ2v) is 26.4. The van der Waals surface area contributed by atoms with E-state index in [-0.39, 0.29) is 27.1 Å². The van der Waals surface area contributed by atoms with Crippen LogP contribution in [0.25, 0.3) is 21.9 Å². The van der Waals surface area contributed by atoms with Gasteiger partial charge in [-0.05, 0) is 204 Å². The number of benzene rings is 5. The SMILES string of the molecule is Cc1oc2ccc(C(C)(C)C)cc2c1N(c1ccc(C(C)(C)C)cc1)c1cc(C23CC4CC5CC(C2)C5(C4)C3)cc(N(c2ccc(C(C)(C)C)cc2)c2c(C)oc3ccc(C(C)(C)C)cc23)c1C. The monoisotopic (exact) mass is 905 g/mol. The van der Waals surface area contributed by atoms with Crippen molar-refractivity contribution in [1.29, 1.82) is 0 Å². The predicted molar refractivity (Wildman–Crippen MR) is 287 cm³/mol. The highest BCUT2D eigenvalue weighted by atomic mass is 16.3. The fourth-order valence-electron chi connectivity index (χ4n) is 14.1. The predicted octanol–water partition coefficient (Wildman–Crippen LogP) is 18.7. The van der Waals surface area contributed by atoms with Crippen molar-refractivity contribution in [3.05, 3.63) is 142 Å². The molecule has 4 heteroatoms. The lowest BCUT2D eigenvalue weighted by Gasteiger charge is -2.49. The van der Waals surface area contributed by atoms with Crippen molar-refractivity contribution >= 4 is 56.1 Å². The Hall–Kier alpha value is -5.22. The van der Waals surface area contributed by atoms with Gasteiger partial charge in [-0.3, -0.25) is 0 Å². The molecule has 4 fully saturated rings. The number of nitrogens with zero attached hydrogens (tertiary/aromatic N) is 2. The highest BCUT2D eigenvalue weighted by Crippen LogP contribution is 2.79. The van der Waals surface area contributed by atoms with Gasteiger partial charge >= 0.3 is 0 Å². The van der Waals surface area contributed by atoms with Gasteiger partial charge in [-0.25, -0.2) is 0 Å². The van der Waals surface area contributed by atoms with Crippen molar-refractivity contribution in [2.75, 3.05) is 9.80 Å². The van der Waals surface area contributed by atoms with Gasteiger partial charge in [-0.1, -0.05) is 119 Å². The van der Waals surface area contributed by atoms with Gasteiger partial charge in [0.15, 0.2) is 0 Å². The van der Waals surface area contributed by atoms with Crippen LogP contribution in [0.5, 0.6) is 0 Å². The van der Waals surface area contributed by atoms with Crippen LogP contribution in [0.3, 0.4) is 0 Å². The zero-order valence-electron chi connectivity index (χ0n) is 43.9. The third-order valence-corrected chi connectivity index (χ3v) is 17.7. The molecular formula is C64H76N2O2. The quantitative estimate of drug-likeness (QED) is 0.160. The summed E-state index contributed by atoms with van der Waals surface area (Å²) in [6.45, 7) is 34.5. The minimum Gasteiger partial charge on any atom is -0.459 e. The van der Waals surface area contributed by atoms with Crippen LogP contribution in [-0.2, 0) is 27.1 Å². The van der Waals surface area contributed by atoms with Gasteiger partial charge < -0.3 is 18.6 Å². The number of fused-ring (bicyclic) bond motifs is 4. The molecule has 0 amide bonds. The molecule has 4 saturated carbocycles. The third-order valence-electron chi connectivity index (χ3n) is 17.7. The molecule has 2 aromatic heterocycles. The average molecular weight is 905 g/mol. The Morgan fingerprint density at radius 2 is 0.897 bits per heavy atom. The second-order valence-electron chi connectivity index (χ2n) is 26.4. The van der Waals surface area contributed by atoms with Gasteiger partial charge in [0.2, 0.25) is 0 Å². The summed E-state index contributed by atoms with van der Waals surface area (Å²) < 4.78 is 13.7. The number of hydrogen-bond donors (Lipinski definition) is 0. The van der Waals surface area contributed by atoms with E-state index >= 15 is 0 Å². The molecule has 1 spiro atoms. The third kappa shape index (κ3) is 7.03. The molecule has 4 aliphatic rings. The molecule has 5 atom stereocenters. The van der Waals surface area contributed by atoms with E-state index < -0.39 is 0 Å². The van der Waals surface area contributed by atoms with Crippen molar-refractivity contribution < 1.29 is 8.83 Å². The highest BCUT2D eigenvalue weighted by Gasteiger charge is 2.71. The summed E-state index contributed by atoms with van der Waals surface area (Å²) in [6, 6.07) is 37.9. The highest BCUT2D eigenvalue weighted by molar-refractivity contribution is 6.02. The van der Waals surface area contributed by atoms with Gasteiger partial charge in [-0.15, -0.1) is 0 Å². The van der Waals surface area contributed by atoms with Gasteiger partial charge in [0.25, 0.3) is 0 Å². The van der Waals surface area contributed by atoms with Gasteiger partial charge in [0.05, 0.1) is 22.7 Å². The van der Waals surface area contributed by atoms with Crippen LogP contribution in [-0.4, -0.2) is 0 Å². The lowest BCUT2D eigenvalue weighted by atomic mass is 9.55. The molecule has 68 heavy (non-hydrogen) atoms. The van der Waals surface area contributed by atoms with E-state index in [4.69, 9.17) is 8.83 Å². The van der Waals surface area contributed by atoms with Crippen LogP contribution in [0.4, 0.5) is 34.1 Å². The van der Waals surface area contributed by atoms with E-state index in [2.05, 4.69) is 211 Å². The maximum Gasteiger partial charge on any atom is 0.136 e. The number of anilines is 6. The normalized spacial score (nSPS) is 23.4. The Labute approximate surface area is 407 Å². The Bertz CT molecular complexity index is 2930. The first kappa shape index (κ1) is 45.2. The molecule has 4 nitrogen and oxygen atoms in total. The van der Waals surface area contributed by atoms with Crippen LogP contribution >= 0.6 is 0 Å². The molecule has 0 saturated heterocycles. The molecule has 0 aliphatic heterocycles. The summed E-state index contributed by atoms with van der Waals surface area (Å²) >= 11 is 0. The molecule has 2 heterocycles. The molecule has 5 unspecified atom stereocenters. The first-order chi connectivity index (χ1) is 31.8. The number of rotatable bonds is 7. The number of hydrogen-bond acceptors (Lipinski definition) is 4. The smallest absolute Gasteiger partial charge is 0.136 e. The van der Waals surface area contributed by atoms with E-state index in [9.17, 15) is 0 Å². The Kier molecular flexibility index (Phi) is 9.91. The fraction of sp³-hybridized carbons (Fsp3) is 0.469. The van der Waals surface area contributed by atoms with Crippen molar-refractivity contribution in [3.8, 4) is 0 Å². The van der Waals surface area contributed by atoms with E-state index in [1.54, 1.807) is 0 Å². The molecule has 4 aliphatic carbocycles. The molecule has 3 bridgehead atoms. The zero-order chi connectivity index (χ0) is 48.2. The van der Waals surface area contributed by atoms with Crippen LogP contribution in [0, 0.1) is 43.9 Å². The lowest BCUT2D eigenvalue weighted by Crippen LogP contribution is -2.42. The van der Waals surface area contributed by atoms with Gasteiger partial charge in [-0.2, -0.15) is 0 Å². The van der Waals surface area contributed by atoms with Crippen molar-refractivity contribution in [3.63, 3.8) is 0 Å². The molecule has 11 rings (SSSR count). The molecule has 5 aromatic carbocycles. The minimum atomic E-state index is -0.0292. The molecule has 354 valence electrons. The summed E-state index contributed by atoms with van der Waals surface area (Å²) in [5.41, 5.74) is 17.4. The largest absolute Gasteiger partial charge is 0.459 e. The first-order valence-electron chi connectivity index (χ1n) is 25.9. The maximum absolute atomic E-state index is 6.84. The van der Waals surface area contributed by atoms with E-state index in [1.807, 2.05) is 0 Å². The van der Waals surface area contributed by atoms with Crippen LogP contribution in [0.15, 0.2) is 106 Å². The Balaban J connectivity index is 1.24. The maximum atomic E-state index is 6.84. The van der Waals surface area contributed by atoms with E-state index in [0.29, 0.717) is 5.41 Å². The standard InChI is InChI=1S/C64H76N2O2/c1-38-53(65(49-22-16-42(17-23-49)59(4,5)6)57-39(2)67-55-26-20-44(30-51(55)57)61(10,11)12)32-46(63-34-41-28-47-29-48(36-63)64(47,35-41)37-63)33-54(38)66(50-24-18-43(19-25-50)60(7,8)9)58-40(3)68-56-27-21-45(31-52(56)58)62(13,14)15/h16-27,30-33,41,47-48H,28-29,34-37H2,1-15H3. The molecule has 0 N–H and O–H groups in total. The fourth-order valence-corrected chi connectivity index (χ4v) is 14.1.